The average Bonchev–Trinajstić information content (AvgIpc) is 2.34. The highest BCUT2D eigenvalue weighted by Gasteiger charge is 1.95. The van der Waals surface area contributed by atoms with Crippen molar-refractivity contribution >= 4 is 11.4 Å². The first-order chi connectivity index (χ1) is 8.13. The van der Waals surface area contributed by atoms with Gasteiger partial charge in [-0.05, 0) is 24.3 Å². The van der Waals surface area contributed by atoms with E-state index in [1.54, 1.807) is 35.4 Å². The van der Waals surface area contributed by atoms with Gasteiger partial charge >= 0.3 is 0 Å². The first-order valence-electron chi connectivity index (χ1n) is 5.16. The van der Waals surface area contributed by atoms with Crippen LogP contribution in [0.5, 0.6) is 0 Å². The lowest BCUT2D eigenvalue weighted by atomic mass is 10.3. The van der Waals surface area contributed by atoms with E-state index < -0.39 is 0 Å². The van der Waals surface area contributed by atoms with E-state index >= 15 is 0 Å². The fourth-order valence-corrected chi connectivity index (χ4v) is 0.999. The van der Waals surface area contributed by atoms with Crippen LogP contribution in [0.15, 0.2) is 59.3 Å². The first-order valence-corrected chi connectivity index (χ1v) is 5.16. The molecule has 90 valence electrons. The highest BCUT2D eigenvalue weighted by atomic mass is 15.3. The summed E-state index contributed by atoms with van der Waals surface area (Å²) in [5.74, 6) is 0.549. The van der Waals surface area contributed by atoms with Gasteiger partial charge in [0.25, 0.3) is 0 Å². The summed E-state index contributed by atoms with van der Waals surface area (Å²) in [4.78, 5) is 1.76. The maximum atomic E-state index is 5.57. The lowest BCUT2D eigenvalue weighted by Gasteiger charge is -2.11. The van der Waals surface area contributed by atoms with Crippen molar-refractivity contribution in [1.29, 1.82) is 0 Å². The Morgan fingerprint density at radius 2 is 2.06 bits per heavy atom. The van der Waals surface area contributed by atoms with Crippen LogP contribution in [0.2, 0.25) is 0 Å². The summed E-state index contributed by atoms with van der Waals surface area (Å²) >= 11 is 0. The SMILES string of the molecule is C=C(N=Nc1ccc(N)cc1)N(C)C=CNC. The predicted octanol–water partition coefficient (Wildman–Crippen LogP) is 2.45. The lowest BCUT2D eigenvalue weighted by molar-refractivity contribution is 0.553. The minimum absolute atomic E-state index is 0.549. The van der Waals surface area contributed by atoms with Gasteiger partial charge in [-0.25, -0.2) is 0 Å². The Hall–Kier alpha value is -2.30. The molecule has 0 saturated carbocycles. The van der Waals surface area contributed by atoms with Crippen LogP contribution in [0.4, 0.5) is 11.4 Å². The van der Waals surface area contributed by atoms with E-state index in [0.29, 0.717) is 11.5 Å². The molecule has 0 bridgehead atoms. The van der Waals surface area contributed by atoms with Gasteiger partial charge in [-0.15, -0.1) is 10.2 Å². The molecule has 1 aromatic carbocycles. The molecule has 5 heteroatoms. The summed E-state index contributed by atoms with van der Waals surface area (Å²) in [5.41, 5.74) is 7.02. The first kappa shape index (κ1) is 12.8. The van der Waals surface area contributed by atoms with Gasteiger partial charge in [-0.1, -0.05) is 6.58 Å². The second-order valence-electron chi connectivity index (χ2n) is 3.42. The van der Waals surface area contributed by atoms with Crippen molar-refractivity contribution in [3.8, 4) is 0 Å². The molecule has 5 nitrogen and oxygen atoms in total. The summed E-state index contributed by atoms with van der Waals surface area (Å²) in [5, 5.41) is 10.9. The van der Waals surface area contributed by atoms with Crippen molar-refractivity contribution in [3.05, 3.63) is 49.1 Å². The van der Waals surface area contributed by atoms with Gasteiger partial charge in [0, 0.05) is 32.2 Å². The molecule has 0 saturated heterocycles. The Labute approximate surface area is 101 Å². The van der Waals surface area contributed by atoms with Gasteiger partial charge in [0.2, 0.25) is 0 Å². The van der Waals surface area contributed by atoms with Gasteiger partial charge in [0.05, 0.1) is 5.69 Å². The Morgan fingerprint density at radius 1 is 1.41 bits per heavy atom. The minimum Gasteiger partial charge on any atom is -0.399 e. The topological polar surface area (TPSA) is 66.0 Å². The van der Waals surface area contributed by atoms with Crippen LogP contribution < -0.4 is 11.1 Å². The zero-order valence-corrected chi connectivity index (χ0v) is 10.1. The Balaban J connectivity index is 2.61. The van der Waals surface area contributed by atoms with Crippen LogP contribution >= 0.6 is 0 Å². The van der Waals surface area contributed by atoms with Crippen LogP contribution in [0.25, 0.3) is 0 Å². The molecule has 0 unspecified atom stereocenters. The molecule has 0 amide bonds. The maximum absolute atomic E-state index is 5.57. The van der Waals surface area contributed by atoms with Crippen molar-refractivity contribution < 1.29 is 0 Å². The molecule has 0 aliphatic heterocycles. The van der Waals surface area contributed by atoms with Crippen LogP contribution in [0.3, 0.4) is 0 Å². The highest BCUT2D eigenvalue weighted by Crippen LogP contribution is 2.15. The number of azo groups is 1. The maximum Gasteiger partial charge on any atom is 0.147 e. The van der Waals surface area contributed by atoms with Crippen molar-refractivity contribution in [2.75, 3.05) is 19.8 Å². The summed E-state index contributed by atoms with van der Waals surface area (Å²) < 4.78 is 0. The second kappa shape index (κ2) is 6.32. The van der Waals surface area contributed by atoms with E-state index in [1.165, 1.54) is 0 Å². The number of hydrogen-bond donors (Lipinski definition) is 2. The third-order valence-corrected chi connectivity index (χ3v) is 2.05. The highest BCUT2D eigenvalue weighted by molar-refractivity contribution is 5.47. The number of nitrogen functional groups attached to an aromatic ring is 1. The Bertz CT molecular complexity index is 419. The zero-order chi connectivity index (χ0) is 12.7. The van der Waals surface area contributed by atoms with Gasteiger partial charge < -0.3 is 16.0 Å². The molecule has 1 aromatic rings. The number of anilines is 1. The molecule has 3 N–H and O–H groups in total. The summed E-state index contributed by atoms with van der Waals surface area (Å²) in [7, 11) is 3.67. The molecular formula is C12H17N5. The number of nitrogens with zero attached hydrogens (tertiary/aromatic N) is 3. The molecule has 17 heavy (non-hydrogen) atoms. The van der Waals surface area contributed by atoms with Crippen LogP contribution in [-0.2, 0) is 0 Å². The van der Waals surface area contributed by atoms with E-state index in [0.717, 1.165) is 5.69 Å². The number of hydrogen-bond acceptors (Lipinski definition) is 5. The van der Waals surface area contributed by atoms with Crippen molar-refractivity contribution in [3.63, 3.8) is 0 Å². The summed E-state index contributed by atoms with van der Waals surface area (Å²) in [6.45, 7) is 3.80. The normalized spacial score (nSPS) is 10.9. The number of nitrogens with two attached hydrogens (primary N) is 1. The monoisotopic (exact) mass is 231 g/mol. The molecule has 0 fully saturated rings. The third-order valence-electron chi connectivity index (χ3n) is 2.05. The molecule has 0 spiro atoms. The third kappa shape index (κ3) is 4.38. The molecule has 0 aromatic heterocycles. The number of benzene rings is 1. The number of nitrogens with one attached hydrogen (secondary N) is 1. The fraction of sp³-hybridized carbons (Fsp3) is 0.167. The van der Waals surface area contributed by atoms with E-state index in [1.807, 2.05) is 20.3 Å². The smallest absolute Gasteiger partial charge is 0.147 e. The molecule has 0 radical (unpaired) electrons. The van der Waals surface area contributed by atoms with Crippen molar-refractivity contribution in [1.82, 2.24) is 10.2 Å². The summed E-state index contributed by atoms with van der Waals surface area (Å²) in [6, 6.07) is 7.16. The van der Waals surface area contributed by atoms with E-state index in [2.05, 4.69) is 22.1 Å². The van der Waals surface area contributed by atoms with Gasteiger partial charge in [-0.3, -0.25) is 0 Å². The molecule has 0 heterocycles. The molecule has 1 rings (SSSR count). The summed E-state index contributed by atoms with van der Waals surface area (Å²) in [6.07, 6.45) is 3.59. The Morgan fingerprint density at radius 3 is 2.65 bits per heavy atom. The van der Waals surface area contributed by atoms with E-state index in [-0.39, 0.29) is 0 Å². The van der Waals surface area contributed by atoms with Gasteiger partial charge in [-0.2, -0.15) is 0 Å². The van der Waals surface area contributed by atoms with Crippen LogP contribution in [0, 0.1) is 0 Å². The second-order valence-corrected chi connectivity index (χ2v) is 3.42. The Kier molecular flexibility index (Phi) is 4.75. The van der Waals surface area contributed by atoms with Crippen molar-refractivity contribution in [2.45, 2.75) is 0 Å². The molecule has 0 aliphatic carbocycles. The van der Waals surface area contributed by atoms with E-state index in [9.17, 15) is 0 Å². The van der Waals surface area contributed by atoms with Gasteiger partial charge in [0.15, 0.2) is 0 Å². The lowest BCUT2D eigenvalue weighted by Crippen LogP contribution is -2.08. The molecular weight excluding hydrogens is 214 g/mol. The fourth-order valence-electron chi connectivity index (χ4n) is 0.999. The van der Waals surface area contributed by atoms with Crippen LogP contribution in [-0.4, -0.2) is 19.0 Å². The molecule has 0 aliphatic rings. The largest absolute Gasteiger partial charge is 0.399 e. The minimum atomic E-state index is 0.549. The standard InChI is InChI=1S/C12H17N5/c1-10(17(3)9-8-14-2)15-16-12-6-4-11(13)5-7-12/h4-9,14H,1,13H2,2-3H3. The van der Waals surface area contributed by atoms with E-state index in [4.69, 9.17) is 5.73 Å². The van der Waals surface area contributed by atoms with Gasteiger partial charge in [0.1, 0.15) is 5.82 Å². The predicted molar refractivity (Wildman–Crippen MR) is 70.5 cm³/mol. The zero-order valence-electron chi connectivity index (χ0n) is 10.1. The van der Waals surface area contributed by atoms with Crippen molar-refractivity contribution in [2.24, 2.45) is 10.2 Å². The van der Waals surface area contributed by atoms with Crippen LogP contribution in [0.1, 0.15) is 0 Å². The number of rotatable bonds is 5. The molecule has 0 atom stereocenters. The average molecular weight is 231 g/mol. The quantitative estimate of drug-likeness (QED) is 0.604.